The summed E-state index contributed by atoms with van der Waals surface area (Å²) in [5.74, 6) is 0.727. The summed E-state index contributed by atoms with van der Waals surface area (Å²) in [5, 5.41) is 21.1. The molecule has 0 N–H and O–H groups in total. The molecule has 4 heteroatoms. The summed E-state index contributed by atoms with van der Waals surface area (Å²) in [6.45, 7) is 4.12. The minimum absolute atomic E-state index is 0.510. The van der Waals surface area contributed by atoms with Gasteiger partial charge in [0, 0.05) is 17.9 Å². The Labute approximate surface area is 117 Å². The molecule has 2 aromatic rings. The predicted molar refractivity (Wildman–Crippen MR) is 75.6 cm³/mol. The highest BCUT2D eigenvalue weighted by Gasteiger charge is 2.09. The van der Waals surface area contributed by atoms with E-state index in [0.717, 1.165) is 10.5 Å². The Kier molecular flexibility index (Phi) is 4.08. The van der Waals surface area contributed by atoms with E-state index < -0.39 is 0 Å². The fourth-order valence-corrected chi connectivity index (χ4v) is 2.76. The van der Waals surface area contributed by atoms with Gasteiger partial charge in [-0.1, -0.05) is 35.5 Å². The largest absolute Gasteiger partial charge is 0.618 e. The van der Waals surface area contributed by atoms with Crippen LogP contribution in [0.3, 0.4) is 0 Å². The second-order valence-corrected chi connectivity index (χ2v) is 5.41. The molecule has 0 bridgehead atoms. The van der Waals surface area contributed by atoms with E-state index in [9.17, 15) is 5.21 Å². The summed E-state index contributed by atoms with van der Waals surface area (Å²) in [7, 11) is 0. The third-order valence-electron chi connectivity index (χ3n) is 2.89. The quantitative estimate of drug-likeness (QED) is 0.489. The smallest absolute Gasteiger partial charge is 0.252 e. The SMILES string of the molecule is Cc1ccc(C)c(CSc2cc(C#N)cc[n+]2[O-])c1. The highest BCUT2D eigenvalue weighted by molar-refractivity contribution is 7.98. The molecule has 0 radical (unpaired) electrons. The Morgan fingerprint density at radius 2 is 2.05 bits per heavy atom. The third-order valence-corrected chi connectivity index (χ3v) is 3.94. The average molecular weight is 270 g/mol. The zero-order valence-electron chi connectivity index (χ0n) is 10.9. The highest BCUT2D eigenvalue weighted by Crippen LogP contribution is 2.23. The van der Waals surface area contributed by atoms with Crippen molar-refractivity contribution in [1.29, 1.82) is 5.26 Å². The van der Waals surface area contributed by atoms with E-state index in [4.69, 9.17) is 5.26 Å². The maximum atomic E-state index is 11.6. The number of hydrogen-bond acceptors (Lipinski definition) is 3. The summed E-state index contributed by atoms with van der Waals surface area (Å²) in [6.07, 6.45) is 1.38. The van der Waals surface area contributed by atoms with Crippen molar-refractivity contribution in [1.82, 2.24) is 0 Å². The Morgan fingerprint density at radius 1 is 1.26 bits per heavy atom. The van der Waals surface area contributed by atoms with Gasteiger partial charge >= 0.3 is 0 Å². The van der Waals surface area contributed by atoms with E-state index in [2.05, 4.69) is 32.0 Å². The molecule has 0 atom stereocenters. The molecule has 1 heterocycles. The zero-order valence-corrected chi connectivity index (χ0v) is 11.7. The molecule has 0 unspecified atom stereocenters. The van der Waals surface area contributed by atoms with Gasteiger partial charge < -0.3 is 5.21 Å². The Balaban J connectivity index is 2.19. The molecular weight excluding hydrogens is 256 g/mol. The normalized spacial score (nSPS) is 10.2. The van der Waals surface area contributed by atoms with Crippen LogP contribution in [-0.2, 0) is 5.75 Å². The van der Waals surface area contributed by atoms with Gasteiger partial charge in [0.1, 0.15) is 0 Å². The second kappa shape index (κ2) is 5.77. The summed E-state index contributed by atoms with van der Waals surface area (Å²) in [5.41, 5.74) is 4.15. The van der Waals surface area contributed by atoms with Crippen LogP contribution in [0.2, 0.25) is 0 Å². The number of thioether (sulfide) groups is 1. The van der Waals surface area contributed by atoms with Crippen molar-refractivity contribution in [2.75, 3.05) is 0 Å². The summed E-state index contributed by atoms with van der Waals surface area (Å²) >= 11 is 1.45. The lowest BCUT2D eigenvalue weighted by atomic mass is 10.1. The summed E-state index contributed by atoms with van der Waals surface area (Å²) < 4.78 is 0.802. The predicted octanol–water partition coefficient (Wildman–Crippen LogP) is 3.10. The number of hydrogen-bond donors (Lipinski definition) is 0. The van der Waals surface area contributed by atoms with E-state index in [-0.39, 0.29) is 0 Å². The van der Waals surface area contributed by atoms with Crippen LogP contribution in [0.25, 0.3) is 0 Å². The molecule has 1 aromatic carbocycles. The van der Waals surface area contributed by atoms with Crippen LogP contribution in [0.1, 0.15) is 22.3 Å². The standard InChI is InChI=1S/C15H14N2OS/c1-11-3-4-12(2)14(7-11)10-19-15-8-13(9-16)5-6-17(15)18/h3-8H,10H2,1-2H3. The third kappa shape index (κ3) is 3.27. The zero-order chi connectivity index (χ0) is 13.8. The van der Waals surface area contributed by atoms with Crippen molar-refractivity contribution >= 4 is 11.8 Å². The van der Waals surface area contributed by atoms with Crippen molar-refractivity contribution in [3.8, 4) is 6.07 Å². The number of pyridine rings is 1. The van der Waals surface area contributed by atoms with E-state index in [1.165, 1.54) is 40.7 Å². The van der Waals surface area contributed by atoms with Crippen LogP contribution in [0.15, 0.2) is 41.6 Å². The van der Waals surface area contributed by atoms with Crippen LogP contribution >= 0.6 is 11.8 Å². The molecule has 0 aliphatic carbocycles. The van der Waals surface area contributed by atoms with Gasteiger partial charge in [-0.3, -0.25) is 0 Å². The van der Waals surface area contributed by atoms with E-state index in [1.807, 2.05) is 6.07 Å². The average Bonchev–Trinajstić information content (AvgIpc) is 2.41. The van der Waals surface area contributed by atoms with Crippen molar-refractivity contribution in [2.45, 2.75) is 24.6 Å². The topological polar surface area (TPSA) is 50.7 Å². The van der Waals surface area contributed by atoms with E-state index >= 15 is 0 Å². The molecule has 0 aliphatic heterocycles. The van der Waals surface area contributed by atoms with Gasteiger partial charge in [-0.2, -0.15) is 9.99 Å². The van der Waals surface area contributed by atoms with Gasteiger partial charge in [0.2, 0.25) is 0 Å². The molecule has 0 saturated heterocycles. The number of nitriles is 1. The number of benzene rings is 1. The van der Waals surface area contributed by atoms with Crippen molar-refractivity contribution in [3.63, 3.8) is 0 Å². The first-order valence-electron chi connectivity index (χ1n) is 5.92. The van der Waals surface area contributed by atoms with E-state index in [0.29, 0.717) is 10.6 Å². The molecular formula is C15H14N2OS. The van der Waals surface area contributed by atoms with Crippen molar-refractivity contribution < 1.29 is 4.73 Å². The van der Waals surface area contributed by atoms with Gasteiger partial charge in [0.15, 0.2) is 6.20 Å². The summed E-state index contributed by atoms with van der Waals surface area (Å²) in [4.78, 5) is 0. The monoisotopic (exact) mass is 270 g/mol. The molecule has 3 nitrogen and oxygen atoms in total. The molecule has 1 aromatic heterocycles. The van der Waals surface area contributed by atoms with Crippen LogP contribution in [0.4, 0.5) is 0 Å². The van der Waals surface area contributed by atoms with Gasteiger partial charge in [0.05, 0.1) is 11.6 Å². The lowest BCUT2D eigenvalue weighted by molar-refractivity contribution is -0.645. The first kappa shape index (κ1) is 13.4. The fraction of sp³-hybridized carbons (Fsp3) is 0.200. The second-order valence-electron chi connectivity index (χ2n) is 4.41. The van der Waals surface area contributed by atoms with Gasteiger partial charge in [0.25, 0.3) is 5.03 Å². The van der Waals surface area contributed by atoms with Gasteiger partial charge in [-0.05, 0) is 25.0 Å². The van der Waals surface area contributed by atoms with Crippen LogP contribution < -0.4 is 4.73 Å². The number of nitrogens with zero attached hydrogens (tertiary/aromatic N) is 2. The first-order valence-corrected chi connectivity index (χ1v) is 6.91. The minimum atomic E-state index is 0.510. The maximum absolute atomic E-state index is 11.6. The summed E-state index contributed by atoms with van der Waals surface area (Å²) in [6, 6.07) is 11.5. The number of aryl methyl sites for hydroxylation is 2. The van der Waals surface area contributed by atoms with E-state index in [1.54, 1.807) is 6.07 Å². The maximum Gasteiger partial charge on any atom is 0.252 e. The molecule has 19 heavy (non-hydrogen) atoms. The lowest BCUT2D eigenvalue weighted by Crippen LogP contribution is -2.28. The fourth-order valence-electron chi connectivity index (χ4n) is 1.75. The lowest BCUT2D eigenvalue weighted by Gasteiger charge is -2.07. The van der Waals surface area contributed by atoms with Crippen molar-refractivity contribution in [3.05, 3.63) is 64.0 Å². The number of aromatic nitrogens is 1. The molecule has 0 aliphatic rings. The molecule has 0 amide bonds. The van der Waals surface area contributed by atoms with Gasteiger partial charge in [-0.25, -0.2) is 0 Å². The number of rotatable bonds is 3. The molecule has 96 valence electrons. The van der Waals surface area contributed by atoms with Crippen LogP contribution in [0, 0.1) is 30.4 Å². The van der Waals surface area contributed by atoms with Crippen LogP contribution in [-0.4, -0.2) is 0 Å². The first-order chi connectivity index (χ1) is 9.10. The molecule has 0 fully saturated rings. The minimum Gasteiger partial charge on any atom is -0.618 e. The Bertz CT molecular complexity index is 647. The molecule has 0 spiro atoms. The highest BCUT2D eigenvalue weighted by atomic mass is 32.2. The Hall–Kier alpha value is -1.99. The van der Waals surface area contributed by atoms with Gasteiger partial charge in [-0.15, -0.1) is 0 Å². The molecule has 2 rings (SSSR count). The molecule has 0 saturated carbocycles. The Morgan fingerprint density at radius 3 is 2.79 bits per heavy atom. The van der Waals surface area contributed by atoms with Crippen LogP contribution in [0.5, 0.6) is 0 Å². The van der Waals surface area contributed by atoms with Crippen molar-refractivity contribution in [2.24, 2.45) is 0 Å².